The number of rotatable bonds is 8. The van der Waals surface area contributed by atoms with E-state index in [0.717, 1.165) is 24.0 Å². The lowest BCUT2D eigenvalue weighted by Crippen LogP contribution is -2.25. The molecule has 0 spiro atoms. The topological polar surface area (TPSA) is 75.3 Å². The van der Waals surface area contributed by atoms with Gasteiger partial charge in [-0.25, -0.2) is 13.1 Å². The summed E-state index contributed by atoms with van der Waals surface area (Å²) in [7, 11) is -3.52. The summed E-state index contributed by atoms with van der Waals surface area (Å²) in [6, 6.07) is 13.8. The molecule has 2 rings (SSSR count). The minimum atomic E-state index is -3.52. The highest BCUT2D eigenvalue weighted by molar-refractivity contribution is 7.89. The largest absolute Gasteiger partial charge is 0.348 e. The van der Waals surface area contributed by atoms with Gasteiger partial charge in [0.1, 0.15) is 0 Å². The maximum atomic E-state index is 12.2. The summed E-state index contributed by atoms with van der Waals surface area (Å²) in [6.45, 7) is 4.84. The molecule has 1 amide bonds. The van der Waals surface area contributed by atoms with Crippen LogP contribution in [0.3, 0.4) is 0 Å². The normalized spacial score (nSPS) is 11.3. The predicted molar refractivity (Wildman–Crippen MR) is 98.9 cm³/mol. The molecule has 2 N–H and O–H groups in total. The smallest absolute Gasteiger partial charge is 0.251 e. The van der Waals surface area contributed by atoms with Gasteiger partial charge in [0.2, 0.25) is 10.0 Å². The molecule has 5 nitrogen and oxygen atoms in total. The van der Waals surface area contributed by atoms with Gasteiger partial charge in [-0.1, -0.05) is 37.6 Å². The van der Waals surface area contributed by atoms with E-state index in [4.69, 9.17) is 0 Å². The third-order valence-electron chi connectivity index (χ3n) is 3.95. The van der Waals surface area contributed by atoms with Gasteiger partial charge in [-0.15, -0.1) is 0 Å². The molecule has 0 aromatic heterocycles. The summed E-state index contributed by atoms with van der Waals surface area (Å²) >= 11 is 0. The Balaban J connectivity index is 1.99. The Morgan fingerprint density at radius 2 is 1.72 bits per heavy atom. The number of carbonyl (C=O) groups is 1. The number of unbranched alkanes of at least 4 members (excludes halogenated alkanes) is 1. The zero-order chi connectivity index (χ0) is 18.3. The number of benzene rings is 2. The molecule has 2 aromatic rings. The van der Waals surface area contributed by atoms with E-state index in [9.17, 15) is 13.2 Å². The Bertz CT molecular complexity index is 815. The standard InChI is InChI=1S/C19H24N2O3S/c1-3-4-13-21-25(23,24)18-11-9-16(10-12-18)19(22)20-14-17-8-6-5-7-15(17)2/h5-12,21H,3-4,13-14H2,1-2H3,(H,20,22). The molecule has 0 aliphatic rings. The van der Waals surface area contributed by atoms with Gasteiger partial charge in [0.25, 0.3) is 5.91 Å². The second-order valence-corrected chi connectivity index (χ2v) is 7.65. The summed E-state index contributed by atoms with van der Waals surface area (Å²) in [5.74, 6) is -0.230. The van der Waals surface area contributed by atoms with Crippen LogP contribution >= 0.6 is 0 Å². The van der Waals surface area contributed by atoms with Crippen LogP contribution in [0.25, 0.3) is 0 Å². The van der Waals surface area contributed by atoms with Gasteiger partial charge in [0.15, 0.2) is 0 Å². The van der Waals surface area contributed by atoms with Crippen LogP contribution in [0, 0.1) is 6.92 Å². The summed E-state index contributed by atoms with van der Waals surface area (Å²) in [5, 5.41) is 2.85. The number of amides is 1. The lowest BCUT2D eigenvalue weighted by Gasteiger charge is -2.09. The van der Waals surface area contributed by atoms with Crippen molar-refractivity contribution >= 4 is 15.9 Å². The van der Waals surface area contributed by atoms with Crippen LogP contribution in [0.4, 0.5) is 0 Å². The van der Waals surface area contributed by atoms with Crippen molar-refractivity contribution in [3.05, 3.63) is 65.2 Å². The maximum Gasteiger partial charge on any atom is 0.251 e. The first-order chi connectivity index (χ1) is 11.9. The molecule has 0 saturated carbocycles. The average Bonchev–Trinajstić information content (AvgIpc) is 2.61. The van der Waals surface area contributed by atoms with Crippen LogP contribution in [0.15, 0.2) is 53.4 Å². The number of hydrogen-bond acceptors (Lipinski definition) is 3. The number of hydrogen-bond donors (Lipinski definition) is 2. The predicted octanol–water partition coefficient (Wildman–Crippen LogP) is 3.00. The average molecular weight is 360 g/mol. The summed E-state index contributed by atoms with van der Waals surface area (Å²) < 4.78 is 26.8. The molecule has 0 unspecified atom stereocenters. The minimum Gasteiger partial charge on any atom is -0.348 e. The van der Waals surface area contributed by atoms with E-state index >= 15 is 0 Å². The number of aryl methyl sites for hydroxylation is 1. The van der Waals surface area contributed by atoms with Gasteiger partial charge in [-0.3, -0.25) is 4.79 Å². The molecule has 0 heterocycles. The van der Waals surface area contributed by atoms with Crippen LogP contribution in [0.2, 0.25) is 0 Å². The van der Waals surface area contributed by atoms with E-state index in [0.29, 0.717) is 18.7 Å². The zero-order valence-corrected chi connectivity index (χ0v) is 15.4. The fraction of sp³-hybridized carbons (Fsp3) is 0.316. The van der Waals surface area contributed by atoms with E-state index in [1.54, 1.807) is 0 Å². The highest BCUT2D eigenvalue weighted by Gasteiger charge is 2.14. The van der Waals surface area contributed by atoms with Gasteiger partial charge in [-0.2, -0.15) is 0 Å². The number of nitrogens with one attached hydrogen (secondary N) is 2. The van der Waals surface area contributed by atoms with E-state index in [2.05, 4.69) is 10.0 Å². The Labute approximate surface area is 149 Å². The van der Waals surface area contributed by atoms with Gasteiger partial charge < -0.3 is 5.32 Å². The van der Waals surface area contributed by atoms with Crippen LogP contribution in [0.5, 0.6) is 0 Å². The van der Waals surface area contributed by atoms with Crippen LogP contribution in [-0.4, -0.2) is 20.9 Å². The molecular formula is C19H24N2O3S. The lowest BCUT2D eigenvalue weighted by molar-refractivity contribution is 0.0951. The molecule has 6 heteroatoms. The highest BCUT2D eigenvalue weighted by Crippen LogP contribution is 2.11. The molecular weight excluding hydrogens is 336 g/mol. The van der Waals surface area contributed by atoms with Crippen molar-refractivity contribution < 1.29 is 13.2 Å². The molecule has 0 aliphatic carbocycles. The summed E-state index contributed by atoms with van der Waals surface area (Å²) in [6.07, 6.45) is 1.71. The van der Waals surface area contributed by atoms with Gasteiger partial charge in [-0.05, 0) is 48.7 Å². The Morgan fingerprint density at radius 1 is 1.04 bits per heavy atom. The Hall–Kier alpha value is -2.18. The molecule has 0 aliphatic heterocycles. The molecule has 0 atom stereocenters. The fourth-order valence-corrected chi connectivity index (χ4v) is 3.41. The van der Waals surface area contributed by atoms with Gasteiger partial charge in [0, 0.05) is 18.7 Å². The third kappa shape index (κ3) is 5.41. The van der Waals surface area contributed by atoms with E-state index < -0.39 is 10.0 Å². The Kier molecular flexibility index (Phi) is 6.73. The third-order valence-corrected chi connectivity index (χ3v) is 5.43. The van der Waals surface area contributed by atoms with Crippen LogP contribution in [0.1, 0.15) is 41.3 Å². The van der Waals surface area contributed by atoms with Crippen molar-refractivity contribution in [2.45, 2.75) is 38.1 Å². The fourth-order valence-electron chi connectivity index (χ4n) is 2.34. The molecule has 134 valence electrons. The van der Waals surface area contributed by atoms with Gasteiger partial charge >= 0.3 is 0 Å². The van der Waals surface area contributed by atoms with E-state index in [1.165, 1.54) is 24.3 Å². The van der Waals surface area contributed by atoms with Crippen LogP contribution in [-0.2, 0) is 16.6 Å². The van der Waals surface area contributed by atoms with Crippen molar-refractivity contribution in [1.82, 2.24) is 10.0 Å². The first kappa shape index (κ1) is 19.1. The Morgan fingerprint density at radius 3 is 2.36 bits per heavy atom. The number of sulfonamides is 1. The number of carbonyl (C=O) groups excluding carboxylic acids is 1. The SMILES string of the molecule is CCCCNS(=O)(=O)c1ccc(C(=O)NCc2ccccc2C)cc1. The molecule has 2 aromatic carbocycles. The first-order valence-corrected chi connectivity index (χ1v) is 9.85. The molecule has 0 fully saturated rings. The van der Waals surface area contributed by atoms with E-state index in [1.807, 2.05) is 38.1 Å². The van der Waals surface area contributed by atoms with E-state index in [-0.39, 0.29) is 10.8 Å². The molecule has 0 saturated heterocycles. The summed E-state index contributed by atoms with van der Waals surface area (Å²) in [4.78, 5) is 12.4. The van der Waals surface area contributed by atoms with Crippen LogP contribution < -0.4 is 10.0 Å². The second kappa shape index (κ2) is 8.78. The van der Waals surface area contributed by atoms with Crippen molar-refractivity contribution in [1.29, 1.82) is 0 Å². The monoisotopic (exact) mass is 360 g/mol. The van der Waals surface area contributed by atoms with Crippen molar-refractivity contribution in [3.63, 3.8) is 0 Å². The van der Waals surface area contributed by atoms with Crippen molar-refractivity contribution in [2.75, 3.05) is 6.54 Å². The van der Waals surface area contributed by atoms with Crippen molar-refractivity contribution in [2.24, 2.45) is 0 Å². The molecule has 0 bridgehead atoms. The maximum absolute atomic E-state index is 12.2. The minimum absolute atomic E-state index is 0.166. The van der Waals surface area contributed by atoms with Crippen molar-refractivity contribution in [3.8, 4) is 0 Å². The zero-order valence-electron chi connectivity index (χ0n) is 14.6. The molecule has 0 radical (unpaired) electrons. The quantitative estimate of drug-likeness (QED) is 0.711. The second-order valence-electron chi connectivity index (χ2n) is 5.88. The first-order valence-electron chi connectivity index (χ1n) is 8.36. The highest BCUT2D eigenvalue weighted by atomic mass is 32.2. The lowest BCUT2D eigenvalue weighted by atomic mass is 10.1. The molecule has 25 heavy (non-hydrogen) atoms. The summed E-state index contributed by atoms with van der Waals surface area (Å²) in [5.41, 5.74) is 2.60. The van der Waals surface area contributed by atoms with Gasteiger partial charge in [0.05, 0.1) is 4.90 Å².